The van der Waals surface area contributed by atoms with Crippen LogP contribution in [-0.2, 0) is 9.59 Å². The SMILES string of the molecule is CC(C)C[C@H](NC(=O)CC1CCC(O)C1N)C(=O)NC(C)(C)C. The van der Waals surface area contributed by atoms with Crippen LogP contribution in [0.2, 0.25) is 0 Å². The first-order chi connectivity index (χ1) is 10.5. The van der Waals surface area contributed by atoms with Crippen molar-refractivity contribution < 1.29 is 14.7 Å². The molecule has 4 atom stereocenters. The molecule has 1 aliphatic carbocycles. The molecule has 0 saturated heterocycles. The van der Waals surface area contributed by atoms with Gasteiger partial charge < -0.3 is 21.5 Å². The first-order valence-corrected chi connectivity index (χ1v) is 8.54. The van der Waals surface area contributed by atoms with Crippen LogP contribution in [0.15, 0.2) is 0 Å². The summed E-state index contributed by atoms with van der Waals surface area (Å²) in [5, 5.41) is 15.4. The second-order valence-corrected chi connectivity index (χ2v) is 8.18. The van der Waals surface area contributed by atoms with E-state index in [1.807, 2.05) is 34.6 Å². The summed E-state index contributed by atoms with van der Waals surface area (Å²) in [7, 11) is 0. The molecule has 2 amide bonds. The molecule has 0 bridgehead atoms. The van der Waals surface area contributed by atoms with Gasteiger partial charge in [0.25, 0.3) is 0 Å². The second kappa shape index (κ2) is 8.11. The molecule has 0 aromatic carbocycles. The molecule has 0 radical (unpaired) electrons. The minimum absolute atomic E-state index is 0.0182. The number of rotatable bonds is 6. The van der Waals surface area contributed by atoms with E-state index in [4.69, 9.17) is 5.73 Å². The molecule has 1 rings (SSSR count). The van der Waals surface area contributed by atoms with Gasteiger partial charge >= 0.3 is 0 Å². The zero-order chi connectivity index (χ0) is 17.8. The maximum absolute atomic E-state index is 12.4. The summed E-state index contributed by atoms with van der Waals surface area (Å²) in [6.07, 6.45) is 1.71. The fourth-order valence-electron chi connectivity index (χ4n) is 2.97. The predicted molar refractivity (Wildman–Crippen MR) is 90.6 cm³/mol. The Balaban J connectivity index is 2.62. The van der Waals surface area contributed by atoms with Crippen LogP contribution in [0.5, 0.6) is 0 Å². The van der Waals surface area contributed by atoms with E-state index in [1.165, 1.54) is 0 Å². The van der Waals surface area contributed by atoms with Crippen LogP contribution in [0.4, 0.5) is 0 Å². The van der Waals surface area contributed by atoms with Gasteiger partial charge in [0.15, 0.2) is 0 Å². The standard InChI is InChI=1S/C17H33N3O3/c1-10(2)8-12(16(23)20-17(3,4)5)19-14(22)9-11-6-7-13(21)15(11)18/h10-13,15,21H,6-9,18H2,1-5H3,(H,19,22)(H,20,23)/t11?,12-,13?,15?/m0/s1. The molecule has 3 unspecified atom stereocenters. The van der Waals surface area contributed by atoms with Crippen molar-refractivity contribution in [2.45, 2.75) is 84.0 Å². The maximum atomic E-state index is 12.4. The van der Waals surface area contributed by atoms with Crippen molar-refractivity contribution in [1.82, 2.24) is 10.6 Å². The van der Waals surface area contributed by atoms with Gasteiger partial charge in [0.05, 0.1) is 6.10 Å². The summed E-state index contributed by atoms with van der Waals surface area (Å²) < 4.78 is 0. The average Bonchev–Trinajstić information content (AvgIpc) is 2.67. The smallest absolute Gasteiger partial charge is 0.242 e. The number of nitrogens with two attached hydrogens (primary N) is 1. The van der Waals surface area contributed by atoms with Gasteiger partial charge in [0, 0.05) is 18.0 Å². The van der Waals surface area contributed by atoms with Crippen LogP contribution >= 0.6 is 0 Å². The van der Waals surface area contributed by atoms with E-state index in [2.05, 4.69) is 10.6 Å². The third-order valence-corrected chi connectivity index (χ3v) is 4.13. The van der Waals surface area contributed by atoms with E-state index in [-0.39, 0.29) is 35.7 Å². The molecule has 0 spiro atoms. The van der Waals surface area contributed by atoms with Crippen molar-refractivity contribution in [2.24, 2.45) is 17.6 Å². The van der Waals surface area contributed by atoms with Gasteiger partial charge in [-0.1, -0.05) is 13.8 Å². The quantitative estimate of drug-likeness (QED) is 0.582. The Bertz CT molecular complexity index is 418. The molecule has 5 N–H and O–H groups in total. The van der Waals surface area contributed by atoms with Crippen molar-refractivity contribution in [3.63, 3.8) is 0 Å². The summed E-state index contributed by atoms with van der Waals surface area (Å²) >= 11 is 0. The lowest BCUT2D eigenvalue weighted by molar-refractivity contribution is -0.130. The normalized spacial score (nSPS) is 26.2. The number of amides is 2. The van der Waals surface area contributed by atoms with Crippen LogP contribution in [0.25, 0.3) is 0 Å². The number of aliphatic hydroxyl groups is 1. The molecule has 0 heterocycles. The van der Waals surface area contributed by atoms with Crippen molar-refractivity contribution in [2.75, 3.05) is 0 Å². The Kier molecular flexibility index (Phi) is 7.02. The van der Waals surface area contributed by atoms with Gasteiger partial charge in [-0.05, 0) is 51.9 Å². The average molecular weight is 327 g/mol. The Hall–Kier alpha value is -1.14. The Morgan fingerprint density at radius 3 is 2.30 bits per heavy atom. The Morgan fingerprint density at radius 2 is 1.87 bits per heavy atom. The summed E-state index contributed by atoms with van der Waals surface area (Å²) in [6, 6.07) is -0.892. The zero-order valence-corrected chi connectivity index (χ0v) is 15.1. The van der Waals surface area contributed by atoms with E-state index in [1.54, 1.807) is 0 Å². The molecule has 0 aromatic rings. The van der Waals surface area contributed by atoms with Crippen molar-refractivity contribution in [1.29, 1.82) is 0 Å². The van der Waals surface area contributed by atoms with Gasteiger partial charge in [-0.15, -0.1) is 0 Å². The number of carbonyl (C=O) groups excluding carboxylic acids is 2. The van der Waals surface area contributed by atoms with E-state index in [9.17, 15) is 14.7 Å². The van der Waals surface area contributed by atoms with Crippen LogP contribution < -0.4 is 16.4 Å². The van der Waals surface area contributed by atoms with E-state index >= 15 is 0 Å². The van der Waals surface area contributed by atoms with Gasteiger partial charge in [-0.3, -0.25) is 9.59 Å². The highest BCUT2D eigenvalue weighted by atomic mass is 16.3. The summed E-state index contributed by atoms with van der Waals surface area (Å²) in [4.78, 5) is 24.7. The fraction of sp³-hybridized carbons (Fsp3) is 0.882. The van der Waals surface area contributed by atoms with Gasteiger partial charge in [-0.25, -0.2) is 0 Å². The highest BCUT2D eigenvalue weighted by Gasteiger charge is 2.34. The largest absolute Gasteiger partial charge is 0.392 e. The third kappa shape index (κ3) is 6.87. The van der Waals surface area contributed by atoms with Crippen LogP contribution in [0.1, 0.15) is 60.3 Å². The summed E-state index contributed by atoms with van der Waals surface area (Å²) in [6.45, 7) is 9.79. The van der Waals surface area contributed by atoms with Gasteiger partial charge in [-0.2, -0.15) is 0 Å². The fourth-order valence-corrected chi connectivity index (χ4v) is 2.97. The second-order valence-electron chi connectivity index (χ2n) is 8.18. The minimum Gasteiger partial charge on any atom is -0.392 e. The predicted octanol–water partition coefficient (Wildman–Crippen LogP) is 0.920. The lowest BCUT2D eigenvalue weighted by Gasteiger charge is -2.27. The highest BCUT2D eigenvalue weighted by molar-refractivity contribution is 5.88. The molecule has 1 fully saturated rings. The highest BCUT2D eigenvalue weighted by Crippen LogP contribution is 2.27. The monoisotopic (exact) mass is 327 g/mol. The first kappa shape index (κ1) is 19.9. The summed E-state index contributed by atoms with van der Waals surface area (Å²) in [5.74, 6) is -0.0541. The van der Waals surface area contributed by atoms with E-state index in [0.717, 1.165) is 6.42 Å². The molecule has 0 aromatic heterocycles. The number of hydrogen-bond donors (Lipinski definition) is 4. The van der Waals surface area contributed by atoms with Crippen molar-refractivity contribution in [3.8, 4) is 0 Å². The number of hydrogen-bond acceptors (Lipinski definition) is 4. The molecule has 1 aliphatic rings. The molecular weight excluding hydrogens is 294 g/mol. The topological polar surface area (TPSA) is 104 Å². The lowest BCUT2D eigenvalue weighted by Crippen LogP contribution is -2.53. The Labute approximate surface area is 139 Å². The molecule has 0 aliphatic heterocycles. The number of nitrogens with one attached hydrogen (secondary N) is 2. The van der Waals surface area contributed by atoms with E-state index < -0.39 is 12.1 Å². The third-order valence-electron chi connectivity index (χ3n) is 4.13. The maximum Gasteiger partial charge on any atom is 0.242 e. The Morgan fingerprint density at radius 1 is 1.26 bits per heavy atom. The van der Waals surface area contributed by atoms with Crippen LogP contribution in [0, 0.1) is 11.8 Å². The van der Waals surface area contributed by atoms with Gasteiger partial charge in [0.1, 0.15) is 6.04 Å². The molecule has 6 nitrogen and oxygen atoms in total. The minimum atomic E-state index is -0.538. The molecule has 6 heteroatoms. The number of carbonyl (C=O) groups is 2. The first-order valence-electron chi connectivity index (χ1n) is 8.54. The van der Waals surface area contributed by atoms with Crippen molar-refractivity contribution >= 4 is 11.8 Å². The zero-order valence-electron chi connectivity index (χ0n) is 15.1. The van der Waals surface area contributed by atoms with Gasteiger partial charge in [0.2, 0.25) is 11.8 Å². The van der Waals surface area contributed by atoms with Crippen LogP contribution in [-0.4, -0.2) is 40.6 Å². The lowest BCUT2D eigenvalue weighted by atomic mass is 9.97. The van der Waals surface area contributed by atoms with Crippen LogP contribution in [0.3, 0.4) is 0 Å². The molecular formula is C17H33N3O3. The van der Waals surface area contributed by atoms with E-state index in [0.29, 0.717) is 18.8 Å². The van der Waals surface area contributed by atoms with Crippen molar-refractivity contribution in [3.05, 3.63) is 0 Å². The number of aliphatic hydroxyl groups excluding tert-OH is 1. The molecule has 134 valence electrons. The molecule has 1 saturated carbocycles. The molecule has 23 heavy (non-hydrogen) atoms. The summed E-state index contributed by atoms with van der Waals surface area (Å²) in [5.41, 5.74) is 5.58.